The fourth-order valence-corrected chi connectivity index (χ4v) is 6.55. The molecule has 0 amide bonds. The van der Waals surface area contributed by atoms with Crippen molar-refractivity contribution < 1.29 is 14.3 Å². The molecule has 5 fully saturated rings. The fourth-order valence-electron chi connectivity index (χ4n) is 6.55. The summed E-state index contributed by atoms with van der Waals surface area (Å²) in [6.45, 7) is 0. The first-order chi connectivity index (χ1) is 13.6. The van der Waals surface area contributed by atoms with Crippen molar-refractivity contribution >= 4 is 28.9 Å². The largest absolute Gasteiger partial charge is 0.386 e. The van der Waals surface area contributed by atoms with Crippen molar-refractivity contribution in [1.82, 2.24) is 4.57 Å². The number of benzene rings is 1. The summed E-state index contributed by atoms with van der Waals surface area (Å²) in [5.41, 5.74) is 4.35. The Hall–Kier alpha value is -2.62. The highest BCUT2D eigenvalue weighted by Gasteiger charge is 2.49. The lowest BCUT2D eigenvalue weighted by Crippen LogP contribution is -2.41. The molecule has 1 aromatic carbocycles. The molecule has 7 rings (SSSR count). The molecule has 4 aliphatic carbocycles. The Balaban J connectivity index is 1.53. The van der Waals surface area contributed by atoms with Gasteiger partial charge in [-0.25, -0.2) is 9.59 Å². The number of allylic oxidation sites excluding steroid dienone is 1. The van der Waals surface area contributed by atoms with Gasteiger partial charge in [0.1, 0.15) is 0 Å². The molecule has 4 nitrogen and oxygen atoms in total. The van der Waals surface area contributed by atoms with Gasteiger partial charge in [0.25, 0.3) is 0 Å². The van der Waals surface area contributed by atoms with Crippen molar-refractivity contribution in [1.29, 1.82) is 0 Å². The number of ether oxygens (including phenoxy) is 1. The molecule has 4 heteroatoms. The van der Waals surface area contributed by atoms with E-state index in [0.717, 1.165) is 28.3 Å². The first kappa shape index (κ1) is 16.3. The van der Waals surface area contributed by atoms with E-state index >= 15 is 0 Å². The monoisotopic (exact) mass is 373 g/mol. The van der Waals surface area contributed by atoms with Gasteiger partial charge in [-0.1, -0.05) is 18.2 Å². The first-order valence-electron chi connectivity index (χ1n) is 10.3. The van der Waals surface area contributed by atoms with Crippen LogP contribution in [0.3, 0.4) is 0 Å². The first-order valence-corrected chi connectivity index (χ1v) is 10.3. The standard InChI is InChI=1S/C24H23NO3/c1-25-12-17(18-4-2-3-5-20(18)25)11-19-22(24(27)28-23(19)26)21-15-7-13-6-14(9-15)10-16(21)8-13/h2-5,11-16H,6-10H2,1H3/b19-11-,22-21?. The average Bonchev–Trinajstić information content (AvgIpc) is 3.12. The van der Waals surface area contributed by atoms with E-state index in [1.165, 1.54) is 37.7 Å². The highest BCUT2D eigenvalue weighted by atomic mass is 16.6. The molecule has 28 heavy (non-hydrogen) atoms. The van der Waals surface area contributed by atoms with Gasteiger partial charge in [0.15, 0.2) is 0 Å². The zero-order valence-corrected chi connectivity index (χ0v) is 16.0. The highest BCUT2D eigenvalue weighted by Crippen LogP contribution is 2.58. The number of hydrogen-bond acceptors (Lipinski definition) is 3. The molecule has 0 radical (unpaired) electrons. The molecule has 0 N–H and O–H groups in total. The molecule has 1 saturated heterocycles. The second-order valence-corrected chi connectivity index (χ2v) is 9.08. The Labute approximate surface area is 163 Å². The second-order valence-electron chi connectivity index (χ2n) is 9.08. The minimum atomic E-state index is -0.491. The zero-order valence-electron chi connectivity index (χ0n) is 16.0. The molecule has 0 atom stereocenters. The molecule has 4 bridgehead atoms. The van der Waals surface area contributed by atoms with E-state index in [1.54, 1.807) is 0 Å². The number of nitrogens with zero attached hydrogens (tertiary/aromatic N) is 1. The van der Waals surface area contributed by atoms with Gasteiger partial charge in [0.2, 0.25) is 0 Å². The summed E-state index contributed by atoms with van der Waals surface area (Å²) in [6.07, 6.45) is 9.96. The summed E-state index contributed by atoms with van der Waals surface area (Å²) < 4.78 is 7.18. The zero-order chi connectivity index (χ0) is 19.0. The number of carbonyl (C=O) groups excluding carboxylic acids is 2. The van der Waals surface area contributed by atoms with E-state index < -0.39 is 11.9 Å². The van der Waals surface area contributed by atoms with Crippen molar-refractivity contribution in [2.24, 2.45) is 30.7 Å². The van der Waals surface area contributed by atoms with Crippen molar-refractivity contribution in [3.05, 3.63) is 52.7 Å². The van der Waals surface area contributed by atoms with Gasteiger partial charge >= 0.3 is 11.9 Å². The number of para-hydroxylation sites is 1. The third kappa shape index (κ3) is 2.24. The maximum absolute atomic E-state index is 12.7. The molecule has 0 unspecified atom stereocenters. The van der Waals surface area contributed by atoms with Gasteiger partial charge in [0, 0.05) is 29.7 Å². The molecule has 1 aromatic heterocycles. The maximum atomic E-state index is 12.7. The smallest absolute Gasteiger partial charge is 0.346 e. The van der Waals surface area contributed by atoms with Gasteiger partial charge in [-0.2, -0.15) is 0 Å². The fraction of sp³-hybridized carbons (Fsp3) is 0.417. The van der Waals surface area contributed by atoms with Crippen LogP contribution >= 0.6 is 0 Å². The molecule has 1 aliphatic heterocycles. The summed E-state index contributed by atoms with van der Waals surface area (Å²) in [5, 5.41) is 1.08. The third-order valence-corrected chi connectivity index (χ3v) is 7.41. The van der Waals surface area contributed by atoms with Crippen molar-refractivity contribution in [2.45, 2.75) is 32.1 Å². The minimum Gasteiger partial charge on any atom is -0.386 e. The lowest BCUT2D eigenvalue weighted by Gasteiger charge is -2.51. The Bertz CT molecular complexity index is 1070. The van der Waals surface area contributed by atoms with Crippen LogP contribution in [0.15, 0.2) is 47.2 Å². The maximum Gasteiger partial charge on any atom is 0.346 e. The van der Waals surface area contributed by atoms with E-state index in [0.29, 0.717) is 23.0 Å². The number of esters is 2. The summed E-state index contributed by atoms with van der Waals surface area (Å²) in [4.78, 5) is 25.4. The van der Waals surface area contributed by atoms with E-state index in [-0.39, 0.29) is 0 Å². The van der Waals surface area contributed by atoms with Crippen LogP contribution in [-0.4, -0.2) is 16.5 Å². The van der Waals surface area contributed by atoms with Crippen LogP contribution in [0.25, 0.3) is 17.0 Å². The average molecular weight is 373 g/mol. The van der Waals surface area contributed by atoms with Crippen LogP contribution in [0.4, 0.5) is 0 Å². The molecule has 4 saturated carbocycles. The minimum absolute atomic E-state index is 0.432. The van der Waals surface area contributed by atoms with Gasteiger partial charge in [-0.15, -0.1) is 0 Å². The molecule has 5 aliphatic rings. The lowest BCUT2D eigenvalue weighted by atomic mass is 9.53. The number of rotatable bonds is 1. The molecule has 2 aromatic rings. The van der Waals surface area contributed by atoms with Crippen LogP contribution in [0.1, 0.15) is 37.7 Å². The molecular formula is C24H23NO3. The second kappa shape index (κ2) is 5.69. The van der Waals surface area contributed by atoms with Crippen molar-refractivity contribution in [3.8, 4) is 0 Å². The Morgan fingerprint density at radius 2 is 1.64 bits per heavy atom. The van der Waals surface area contributed by atoms with Crippen LogP contribution in [0, 0.1) is 23.7 Å². The Morgan fingerprint density at radius 3 is 2.36 bits per heavy atom. The van der Waals surface area contributed by atoms with Crippen LogP contribution in [0.5, 0.6) is 0 Å². The number of hydrogen-bond donors (Lipinski definition) is 0. The molecule has 142 valence electrons. The van der Waals surface area contributed by atoms with Crippen LogP contribution in [-0.2, 0) is 21.4 Å². The number of cyclic esters (lactones) is 2. The quantitative estimate of drug-likeness (QED) is 0.423. The highest BCUT2D eigenvalue weighted by molar-refractivity contribution is 6.21. The van der Waals surface area contributed by atoms with E-state index in [2.05, 4.69) is 16.7 Å². The topological polar surface area (TPSA) is 48.3 Å². The summed E-state index contributed by atoms with van der Waals surface area (Å²) in [5.74, 6) is 1.62. The number of carbonyl (C=O) groups is 2. The van der Waals surface area contributed by atoms with Crippen molar-refractivity contribution in [2.75, 3.05) is 0 Å². The Morgan fingerprint density at radius 1 is 0.964 bits per heavy atom. The van der Waals surface area contributed by atoms with Gasteiger partial charge in [0.05, 0.1) is 11.1 Å². The summed E-state index contributed by atoms with van der Waals surface area (Å²) in [7, 11) is 2.00. The Kier molecular flexibility index (Phi) is 3.32. The predicted octanol–water partition coefficient (Wildman–Crippen LogP) is 4.40. The van der Waals surface area contributed by atoms with E-state index in [4.69, 9.17) is 4.74 Å². The van der Waals surface area contributed by atoms with Crippen LogP contribution in [0.2, 0.25) is 0 Å². The van der Waals surface area contributed by atoms with Crippen molar-refractivity contribution in [3.63, 3.8) is 0 Å². The molecule has 0 spiro atoms. The summed E-state index contributed by atoms with van der Waals surface area (Å²) >= 11 is 0. The SMILES string of the molecule is Cn1cc(/C=C2\C(=O)OC(=O)C2=C2C3CC4CC(C3)CC2C4)c2ccccc21. The molecule has 2 heterocycles. The normalized spacial score (nSPS) is 32.8. The van der Waals surface area contributed by atoms with E-state index in [1.807, 2.05) is 31.5 Å². The number of aromatic nitrogens is 1. The number of fused-ring (bicyclic) bond motifs is 1. The van der Waals surface area contributed by atoms with Gasteiger partial charge < -0.3 is 9.30 Å². The number of aryl methyl sites for hydroxylation is 1. The molecular weight excluding hydrogens is 350 g/mol. The lowest BCUT2D eigenvalue weighted by molar-refractivity contribution is -0.149. The third-order valence-electron chi connectivity index (χ3n) is 7.41. The summed E-state index contributed by atoms with van der Waals surface area (Å²) in [6, 6.07) is 8.13. The van der Waals surface area contributed by atoms with Gasteiger partial charge in [-0.3, -0.25) is 0 Å². The van der Waals surface area contributed by atoms with E-state index in [9.17, 15) is 9.59 Å². The predicted molar refractivity (Wildman–Crippen MR) is 106 cm³/mol. The van der Waals surface area contributed by atoms with Gasteiger partial charge in [-0.05, 0) is 73.5 Å². The van der Waals surface area contributed by atoms with Crippen LogP contribution < -0.4 is 0 Å².